The number of rotatable bonds is 1. The summed E-state index contributed by atoms with van der Waals surface area (Å²) in [6.45, 7) is 0. The van der Waals surface area contributed by atoms with Gasteiger partial charge in [0.2, 0.25) is 5.82 Å². The average molecular weight is 250 g/mol. The highest BCUT2D eigenvalue weighted by molar-refractivity contribution is 8.13. The highest BCUT2D eigenvalue weighted by atomic mass is 35.7. The van der Waals surface area contributed by atoms with E-state index in [-0.39, 0.29) is 4.57 Å². The van der Waals surface area contributed by atoms with E-state index in [1.54, 1.807) is 0 Å². The zero-order valence-corrected chi connectivity index (χ0v) is 8.15. The van der Waals surface area contributed by atoms with Crippen LogP contribution in [0.3, 0.4) is 0 Å². The van der Waals surface area contributed by atoms with Crippen LogP contribution in [0.25, 0.3) is 0 Å². The van der Waals surface area contributed by atoms with Gasteiger partial charge in [0.15, 0.2) is 0 Å². The third-order valence-corrected chi connectivity index (χ3v) is 2.51. The minimum Gasteiger partial charge on any atom is -0.296 e. The number of nitrogens with zero attached hydrogens (tertiary/aromatic N) is 3. The Labute approximate surface area is 80.9 Å². The molecule has 5 nitrogen and oxygen atoms in total. The fraction of sp³-hybridized carbons (Fsp3) is 0.500. The van der Waals surface area contributed by atoms with Crippen molar-refractivity contribution in [1.82, 2.24) is 14.8 Å². The standard InChI is InChI=1S/C4H3ClF3N3O2S/c1-11-2(4(6,7)8)9-10-3(11)14(5,12)13/h1H3. The molecule has 1 aromatic rings. The molecule has 1 rings (SSSR count). The molecule has 0 unspecified atom stereocenters. The molecular formula is C4H3ClF3N3O2S. The van der Waals surface area contributed by atoms with Gasteiger partial charge >= 0.3 is 6.18 Å². The molecule has 0 atom stereocenters. The number of hydrogen-bond acceptors (Lipinski definition) is 4. The quantitative estimate of drug-likeness (QED) is 0.690. The topological polar surface area (TPSA) is 64.8 Å². The van der Waals surface area contributed by atoms with Crippen molar-refractivity contribution in [3.05, 3.63) is 5.82 Å². The van der Waals surface area contributed by atoms with Crippen LogP contribution >= 0.6 is 10.7 Å². The Kier molecular flexibility index (Phi) is 2.48. The molecule has 14 heavy (non-hydrogen) atoms. The summed E-state index contributed by atoms with van der Waals surface area (Å²) < 4.78 is 57.9. The van der Waals surface area contributed by atoms with Crippen molar-refractivity contribution in [3.63, 3.8) is 0 Å². The predicted molar refractivity (Wildman–Crippen MR) is 39.0 cm³/mol. The van der Waals surface area contributed by atoms with Gasteiger partial charge in [-0.2, -0.15) is 13.2 Å². The van der Waals surface area contributed by atoms with Crippen LogP contribution in [0.2, 0.25) is 0 Å². The Morgan fingerprint density at radius 2 is 1.86 bits per heavy atom. The molecule has 0 spiro atoms. The van der Waals surface area contributed by atoms with Crippen LogP contribution in [-0.2, 0) is 22.3 Å². The maximum atomic E-state index is 12.1. The van der Waals surface area contributed by atoms with Gasteiger partial charge in [0.25, 0.3) is 14.2 Å². The summed E-state index contributed by atoms with van der Waals surface area (Å²) in [4.78, 5) is 0. The first kappa shape index (κ1) is 11.2. The molecular weight excluding hydrogens is 247 g/mol. The first-order chi connectivity index (χ1) is 6.14. The van der Waals surface area contributed by atoms with Crippen LogP contribution in [0, 0.1) is 0 Å². The molecule has 10 heteroatoms. The lowest BCUT2D eigenvalue weighted by atomic mass is 10.6. The Balaban J connectivity index is 3.37. The normalized spacial score (nSPS) is 13.2. The van der Waals surface area contributed by atoms with Gasteiger partial charge in [-0.3, -0.25) is 4.57 Å². The van der Waals surface area contributed by atoms with Crippen molar-refractivity contribution in [2.24, 2.45) is 7.05 Å². The molecule has 1 heterocycles. The minimum atomic E-state index is -4.76. The molecule has 0 N–H and O–H groups in total. The second-order valence-electron chi connectivity index (χ2n) is 2.30. The van der Waals surface area contributed by atoms with Crippen LogP contribution in [0.4, 0.5) is 13.2 Å². The molecule has 0 aromatic carbocycles. The van der Waals surface area contributed by atoms with Crippen LogP contribution in [0.5, 0.6) is 0 Å². The van der Waals surface area contributed by atoms with Crippen molar-refractivity contribution in [2.45, 2.75) is 11.3 Å². The fourth-order valence-electron chi connectivity index (χ4n) is 0.774. The Hall–Kier alpha value is -0.830. The average Bonchev–Trinajstić information content (AvgIpc) is 2.26. The third kappa shape index (κ3) is 1.98. The minimum absolute atomic E-state index is 0.266. The first-order valence-electron chi connectivity index (χ1n) is 3.05. The maximum Gasteiger partial charge on any atom is 0.451 e. The maximum absolute atomic E-state index is 12.1. The van der Waals surface area contributed by atoms with Crippen LogP contribution in [-0.4, -0.2) is 23.2 Å². The summed E-state index contributed by atoms with van der Waals surface area (Å²) in [5.74, 6) is -1.42. The molecule has 0 fully saturated rings. The molecule has 0 amide bonds. The first-order valence-corrected chi connectivity index (χ1v) is 5.36. The van der Waals surface area contributed by atoms with Gasteiger partial charge in [-0.15, -0.1) is 10.2 Å². The molecule has 0 aliphatic heterocycles. The number of hydrogen-bond donors (Lipinski definition) is 0. The number of alkyl halides is 3. The highest BCUT2D eigenvalue weighted by Crippen LogP contribution is 2.28. The molecule has 80 valence electrons. The summed E-state index contributed by atoms with van der Waals surface area (Å²) in [5, 5.41) is 4.57. The molecule has 0 aliphatic rings. The molecule has 1 aromatic heterocycles. The van der Waals surface area contributed by atoms with Crippen molar-refractivity contribution in [3.8, 4) is 0 Å². The van der Waals surface area contributed by atoms with Crippen molar-refractivity contribution in [2.75, 3.05) is 0 Å². The second-order valence-corrected chi connectivity index (χ2v) is 4.76. The monoisotopic (exact) mass is 249 g/mol. The van der Waals surface area contributed by atoms with Gasteiger partial charge in [0.1, 0.15) is 0 Å². The summed E-state index contributed by atoms with van der Waals surface area (Å²) >= 11 is 0. The van der Waals surface area contributed by atoms with E-state index in [1.165, 1.54) is 0 Å². The molecule has 0 saturated heterocycles. The van der Waals surface area contributed by atoms with Gasteiger partial charge < -0.3 is 0 Å². The van der Waals surface area contributed by atoms with Crippen LogP contribution in [0.15, 0.2) is 5.16 Å². The lowest BCUT2D eigenvalue weighted by Gasteiger charge is -2.04. The summed E-state index contributed by atoms with van der Waals surface area (Å²) in [6.07, 6.45) is -4.76. The lowest BCUT2D eigenvalue weighted by molar-refractivity contribution is -0.147. The van der Waals surface area contributed by atoms with Gasteiger partial charge in [0, 0.05) is 17.7 Å². The Morgan fingerprint density at radius 1 is 1.36 bits per heavy atom. The van der Waals surface area contributed by atoms with E-state index in [2.05, 4.69) is 10.2 Å². The summed E-state index contributed by atoms with van der Waals surface area (Å²) in [5.41, 5.74) is 0. The molecule has 0 aliphatic carbocycles. The number of aromatic nitrogens is 3. The van der Waals surface area contributed by atoms with Crippen molar-refractivity contribution in [1.29, 1.82) is 0 Å². The molecule has 0 radical (unpaired) electrons. The van der Waals surface area contributed by atoms with E-state index in [0.717, 1.165) is 7.05 Å². The Bertz CT molecular complexity index is 451. The zero-order valence-electron chi connectivity index (χ0n) is 6.58. The smallest absolute Gasteiger partial charge is 0.296 e. The fourth-order valence-corrected chi connectivity index (χ4v) is 1.73. The van der Waals surface area contributed by atoms with E-state index >= 15 is 0 Å². The second kappa shape index (κ2) is 3.09. The van der Waals surface area contributed by atoms with Crippen molar-refractivity contribution >= 4 is 19.7 Å². The van der Waals surface area contributed by atoms with Crippen LogP contribution in [0.1, 0.15) is 5.82 Å². The van der Waals surface area contributed by atoms with E-state index in [9.17, 15) is 21.6 Å². The third-order valence-electron chi connectivity index (χ3n) is 1.31. The zero-order chi connectivity index (χ0) is 11.1. The Morgan fingerprint density at radius 3 is 2.07 bits per heavy atom. The van der Waals surface area contributed by atoms with E-state index in [1.807, 2.05) is 0 Å². The summed E-state index contributed by atoms with van der Waals surface area (Å²) in [6, 6.07) is 0. The van der Waals surface area contributed by atoms with Gasteiger partial charge in [-0.25, -0.2) is 8.42 Å². The lowest BCUT2D eigenvalue weighted by Crippen LogP contribution is -2.14. The molecule has 0 saturated carbocycles. The molecule has 0 bridgehead atoms. The van der Waals surface area contributed by atoms with Gasteiger partial charge in [-0.1, -0.05) is 0 Å². The SMILES string of the molecule is Cn1c(C(F)(F)F)nnc1S(=O)(=O)Cl. The van der Waals surface area contributed by atoms with E-state index in [0.29, 0.717) is 0 Å². The van der Waals surface area contributed by atoms with Gasteiger partial charge in [-0.05, 0) is 0 Å². The number of halogens is 4. The predicted octanol–water partition coefficient (Wildman–Crippen LogP) is 0.761. The largest absolute Gasteiger partial charge is 0.451 e. The highest BCUT2D eigenvalue weighted by Gasteiger charge is 2.39. The van der Waals surface area contributed by atoms with Crippen molar-refractivity contribution < 1.29 is 21.6 Å². The van der Waals surface area contributed by atoms with Crippen LogP contribution < -0.4 is 0 Å². The van der Waals surface area contributed by atoms with E-state index in [4.69, 9.17) is 10.7 Å². The van der Waals surface area contributed by atoms with E-state index < -0.39 is 26.2 Å². The van der Waals surface area contributed by atoms with Gasteiger partial charge in [0.05, 0.1) is 0 Å². The summed E-state index contributed by atoms with van der Waals surface area (Å²) in [7, 11) is 1.36.